The monoisotopic (exact) mass is 355 g/mol. The molecule has 0 saturated carbocycles. The molecule has 3 rings (SSSR count). The van der Waals surface area contributed by atoms with Crippen molar-refractivity contribution in [2.75, 3.05) is 26.8 Å². The van der Waals surface area contributed by atoms with Crippen molar-refractivity contribution in [1.29, 1.82) is 0 Å². The first-order valence-electron chi connectivity index (χ1n) is 8.87. The molecule has 1 aromatic carbocycles. The second-order valence-corrected chi connectivity index (χ2v) is 6.49. The lowest BCUT2D eigenvalue weighted by Gasteiger charge is -2.38. The highest BCUT2D eigenvalue weighted by molar-refractivity contribution is 5.97. The molecule has 6 nitrogen and oxygen atoms in total. The van der Waals surface area contributed by atoms with Gasteiger partial charge in [-0.25, -0.2) is 0 Å². The average molecular weight is 355 g/mol. The van der Waals surface area contributed by atoms with Gasteiger partial charge in [0.15, 0.2) is 0 Å². The summed E-state index contributed by atoms with van der Waals surface area (Å²) in [6.45, 7) is 4.22. The van der Waals surface area contributed by atoms with Crippen LogP contribution in [0.25, 0.3) is 0 Å². The molecule has 26 heavy (non-hydrogen) atoms. The summed E-state index contributed by atoms with van der Waals surface area (Å²) in [6, 6.07) is 12.0. The van der Waals surface area contributed by atoms with Gasteiger partial charge in [0.05, 0.1) is 12.6 Å². The summed E-state index contributed by atoms with van der Waals surface area (Å²) in [5, 5.41) is 2.72. The molecule has 0 radical (unpaired) electrons. The van der Waals surface area contributed by atoms with Gasteiger partial charge in [-0.3, -0.25) is 9.59 Å². The molecule has 0 saturated heterocycles. The zero-order chi connectivity index (χ0) is 18.5. The van der Waals surface area contributed by atoms with Crippen LogP contribution in [0, 0.1) is 6.92 Å². The first-order valence-corrected chi connectivity index (χ1v) is 8.87. The lowest BCUT2D eigenvalue weighted by molar-refractivity contribution is -0.138. The Hall–Kier alpha value is -2.60. The van der Waals surface area contributed by atoms with Crippen LogP contribution in [0.2, 0.25) is 0 Å². The van der Waals surface area contributed by atoms with Crippen LogP contribution in [0.1, 0.15) is 29.3 Å². The zero-order valence-electron chi connectivity index (χ0n) is 15.3. The molecule has 1 atom stereocenters. The minimum atomic E-state index is -0.267. The van der Waals surface area contributed by atoms with E-state index in [0.29, 0.717) is 19.7 Å². The highest BCUT2D eigenvalue weighted by Gasteiger charge is 2.33. The first-order chi connectivity index (χ1) is 12.6. The van der Waals surface area contributed by atoms with Gasteiger partial charge in [0.2, 0.25) is 11.8 Å². The molecule has 1 aromatic heterocycles. The quantitative estimate of drug-likeness (QED) is 0.636. The van der Waals surface area contributed by atoms with Crippen LogP contribution in [0.3, 0.4) is 0 Å². The van der Waals surface area contributed by atoms with Crippen molar-refractivity contribution in [3.05, 3.63) is 59.4 Å². The van der Waals surface area contributed by atoms with E-state index in [4.69, 9.17) is 4.74 Å². The van der Waals surface area contributed by atoms with E-state index in [2.05, 4.69) is 35.0 Å². The first kappa shape index (κ1) is 18.2. The number of ether oxygens (including phenoxy) is 1. The van der Waals surface area contributed by atoms with E-state index >= 15 is 0 Å². The van der Waals surface area contributed by atoms with E-state index in [-0.39, 0.29) is 24.3 Å². The Balaban J connectivity index is 1.82. The SMILES string of the molecule is COCCNC(=O)CC(=O)N1CCn2cccc2C1c1ccccc1C. The van der Waals surface area contributed by atoms with Gasteiger partial charge in [0, 0.05) is 38.6 Å². The third kappa shape index (κ3) is 3.80. The summed E-state index contributed by atoms with van der Waals surface area (Å²) in [4.78, 5) is 26.8. The Morgan fingerprint density at radius 2 is 2.00 bits per heavy atom. The van der Waals surface area contributed by atoms with Gasteiger partial charge in [-0.15, -0.1) is 0 Å². The average Bonchev–Trinajstić information content (AvgIpc) is 3.10. The second-order valence-electron chi connectivity index (χ2n) is 6.49. The fourth-order valence-electron chi connectivity index (χ4n) is 3.47. The second kappa shape index (κ2) is 8.19. The molecule has 0 fully saturated rings. The van der Waals surface area contributed by atoms with Crippen LogP contribution in [0.15, 0.2) is 42.6 Å². The van der Waals surface area contributed by atoms with Gasteiger partial charge < -0.3 is 19.5 Å². The van der Waals surface area contributed by atoms with Crippen LogP contribution < -0.4 is 5.32 Å². The summed E-state index contributed by atoms with van der Waals surface area (Å²) in [5.74, 6) is -0.419. The molecule has 138 valence electrons. The van der Waals surface area contributed by atoms with Crippen LogP contribution in [0.5, 0.6) is 0 Å². The molecule has 6 heteroatoms. The number of aromatic nitrogens is 1. The van der Waals surface area contributed by atoms with Gasteiger partial charge in [0.1, 0.15) is 6.42 Å². The number of carbonyl (C=O) groups is 2. The number of amides is 2. The maximum atomic E-state index is 12.9. The Labute approximate surface area is 153 Å². The fraction of sp³-hybridized carbons (Fsp3) is 0.400. The molecule has 2 amide bonds. The summed E-state index contributed by atoms with van der Waals surface area (Å²) in [6.07, 6.45) is 1.90. The normalized spacial score (nSPS) is 16.2. The van der Waals surface area contributed by atoms with E-state index in [1.54, 1.807) is 7.11 Å². The molecule has 0 bridgehead atoms. The van der Waals surface area contributed by atoms with Crippen molar-refractivity contribution >= 4 is 11.8 Å². The molecular formula is C20H25N3O3. The smallest absolute Gasteiger partial charge is 0.232 e. The number of hydrogen-bond donors (Lipinski definition) is 1. The third-order valence-electron chi connectivity index (χ3n) is 4.78. The summed E-state index contributed by atoms with van der Waals surface area (Å²) in [7, 11) is 1.58. The number of methoxy groups -OCH3 is 1. The van der Waals surface area contributed by atoms with Crippen molar-refractivity contribution in [3.63, 3.8) is 0 Å². The van der Waals surface area contributed by atoms with Crippen molar-refractivity contribution < 1.29 is 14.3 Å². The number of hydrogen-bond acceptors (Lipinski definition) is 3. The molecule has 1 aliphatic rings. The van der Waals surface area contributed by atoms with E-state index in [1.165, 1.54) is 0 Å². The van der Waals surface area contributed by atoms with Crippen molar-refractivity contribution in [3.8, 4) is 0 Å². The number of nitrogens with one attached hydrogen (secondary N) is 1. The number of aryl methyl sites for hydroxylation is 1. The molecule has 0 spiro atoms. The maximum Gasteiger partial charge on any atom is 0.232 e. The number of benzene rings is 1. The van der Waals surface area contributed by atoms with Crippen LogP contribution >= 0.6 is 0 Å². The van der Waals surface area contributed by atoms with Crippen LogP contribution in [0.4, 0.5) is 0 Å². The fourth-order valence-corrected chi connectivity index (χ4v) is 3.47. The minimum absolute atomic E-state index is 0.146. The molecule has 1 N–H and O–H groups in total. The molecule has 0 aliphatic carbocycles. The maximum absolute atomic E-state index is 12.9. The van der Waals surface area contributed by atoms with E-state index < -0.39 is 0 Å². The largest absolute Gasteiger partial charge is 0.383 e. The van der Waals surface area contributed by atoms with Crippen molar-refractivity contribution in [2.24, 2.45) is 0 Å². The Kier molecular flexibility index (Phi) is 5.73. The molecule has 1 unspecified atom stereocenters. The van der Waals surface area contributed by atoms with E-state index in [0.717, 1.165) is 23.4 Å². The predicted octanol–water partition coefficient (Wildman–Crippen LogP) is 1.88. The molecule has 1 aliphatic heterocycles. The lowest BCUT2D eigenvalue weighted by atomic mass is 9.95. The van der Waals surface area contributed by atoms with Crippen molar-refractivity contribution in [1.82, 2.24) is 14.8 Å². The van der Waals surface area contributed by atoms with Crippen LogP contribution in [-0.2, 0) is 20.9 Å². The van der Waals surface area contributed by atoms with Gasteiger partial charge >= 0.3 is 0 Å². The van der Waals surface area contributed by atoms with Crippen LogP contribution in [-0.4, -0.2) is 48.1 Å². The number of rotatable bonds is 6. The van der Waals surface area contributed by atoms with E-state index in [9.17, 15) is 9.59 Å². The molecule has 2 heterocycles. The zero-order valence-corrected chi connectivity index (χ0v) is 15.3. The van der Waals surface area contributed by atoms with Gasteiger partial charge in [-0.05, 0) is 30.2 Å². The topological polar surface area (TPSA) is 63.6 Å². The Morgan fingerprint density at radius 1 is 1.19 bits per heavy atom. The Bertz CT molecular complexity index is 784. The standard InChI is InChI=1S/C20H25N3O3/c1-15-6-3-4-7-16(15)20-17-8-5-10-22(17)11-12-23(20)19(25)14-18(24)21-9-13-26-2/h3-8,10,20H,9,11-14H2,1-2H3,(H,21,24). The van der Waals surface area contributed by atoms with E-state index in [1.807, 2.05) is 29.3 Å². The minimum Gasteiger partial charge on any atom is -0.383 e. The highest BCUT2D eigenvalue weighted by Crippen LogP contribution is 2.34. The molecule has 2 aromatic rings. The predicted molar refractivity (Wildman–Crippen MR) is 98.7 cm³/mol. The van der Waals surface area contributed by atoms with Crippen molar-refractivity contribution in [2.45, 2.75) is 25.9 Å². The third-order valence-corrected chi connectivity index (χ3v) is 4.78. The highest BCUT2D eigenvalue weighted by atomic mass is 16.5. The number of nitrogens with zero attached hydrogens (tertiary/aromatic N) is 2. The summed E-state index contributed by atoms with van der Waals surface area (Å²) >= 11 is 0. The van der Waals surface area contributed by atoms with Gasteiger partial charge in [0.25, 0.3) is 0 Å². The number of carbonyl (C=O) groups excluding carboxylic acids is 2. The number of fused-ring (bicyclic) bond motifs is 1. The molecular weight excluding hydrogens is 330 g/mol. The summed E-state index contributed by atoms with van der Waals surface area (Å²) < 4.78 is 7.10. The van der Waals surface area contributed by atoms with Gasteiger partial charge in [-0.1, -0.05) is 24.3 Å². The summed E-state index contributed by atoms with van der Waals surface area (Å²) in [5.41, 5.74) is 3.31. The van der Waals surface area contributed by atoms with Gasteiger partial charge in [-0.2, -0.15) is 0 Å². The Morgan fingerprint density at radius 3 is 2.77 bits per heavy atom. The lowest BCUT2D eigenvalue weighted by Crippen LogP contribution is -2.44.